The van der Waals surface area contributed by atoms with Gasteiger partial charge in [-0.15, -0.1) is 0 Å². The normalized spacial score (nSPS) is 20.6. The van der Waals surface area contributed by atoms with Crippen LogP contribution in [0.5, 0.6) is 0 Å². The molecule has 2 aromatic rings. The standard InChI is InChI=1S/C23H27N3O2/c1-18-7-9-20(10-8-18)26-21(11-12-22(26)27)23(28)25-15-13-24(14-16-25)17-19-5-3-2-4-6-19/h2-10,21H,11-17H2,1H3. The number of piperazine rings is 1. The van der Waals surface area contributed by atoms with Gasteiger partial charge in [-0.1, -0.05) is 48.0 Å². The van der Waals surface area contributed by atoms with Gasteiger partial charge in [-0.05, 0) is 31.0 Å². The molecule has 0 N–H and O–H groups in total. The number of anilines is 1. The lowest BCUT2D eigenvalue weighted by Crippen LogP contribution is -2.54. The highest BCUT2D eigenvalue weighted by molar-refractivity contribution is 6.03. The van der Waals surface area contributed by atoms with E-state index in [1.807, 2.05) is 42.2 Å². The first kappa shape index (κ1) is 18.7. The first-order valence-corrected chi connectivity index (χ1v) is 10.1. The van der Waals surface area contributed by atoms with Crippen molar-refractivity contribution in [2.45, 2.75) is 32.4 Å². The summed E-state index contributed by atoms with van der Waals surface area (Å²) < 4.78 is 0. The Bertz CT molecular complexity index is 827. The molecule has 2 aliphatic heterocycles. The zero-order chi connectivity index (χ0) is 19.5. The zero-order valence-corrected chi connectivity index (χ0v) is 16.4. The van der Waals surface area contributed by atoms with E-state index in [0.717, 1.165) is 44.0 Å². The van der Waals surface area contributed by atoms with Crippen molar-refractivity contribution in [2.24, 2.45) is 0 Å². The predicted octanol–water partition coefficient (Wildman–Crippen LogP) is 2.83. The molecule has 146 valence electrons. The van der Waals surface area contributed by atoms with E-state index >= 15 is 0 Å². The fourth-order valence-corrected chi connectivity index (χ4v) is 4.13. The van der Waals surface area contributed by atoms with Gasteiger partial charge in [0.25, 0.3) is 0 Å². The van der Waals surface area contributed by atoms with Gasteiger partial charge in [-0.3, -0.25) is 19.4 Å². The van der Waals surface area contributed by atoms with Crippen molar-refractivity contribution in [3.8, 4) is 0 Å². The van der Waals surface area contributed by atoms with E-state index in [-0.39, 0.29) is 17.9 Å². The van der Waals surface area contributed by atoms with E-state index < -0.39 is 0 Å². The van der Waals surface area contributed by atoms with Crippen LogP contribution in [0.2, 0.25) is 0 Å². The fourth-order valence-electron chi connectivity index (χ4n) is 4.13. The van der Waals surface area contributed by atoms with Crippen molar-refractivity contribution in [3.05, 3.63) is 65.7 Å². The first-order chi connectivity index (χ1) is 13.6. The molecule has 2 aliphatic rings. The second-order valence-electron chi connectivity index (χ2n) is 7.74. The Hall–Kier alpha value is -2.66. The average Bonchev–Trinajstić information content (AvgIpc) is 3.11. The van der Waals surface area contributed by atoms with Crippen LogP contribution in [-0.4, -0.2) is 53.8 Å². The summed E-state index contributed by atoms with van der Waals surface area (Å²) in [6.45, 7) is 6.11. The molecule has 5 nitrogen and oxygen atoms in total. The van der Waals surface area contributed by atoms with Crippen molar-refractivity contribution in [1.29, 1.82) is 0 Å². The molecule has 0 aromatic heterocycles. The number of hydrogen-bond donors (Lipinski definition) is 0. The molecular weight excluding hydrogens is 350 g/mol. The van der Waals surface area contributed by atoms with E-state index in [9.17, 15) is 9.59 Å². The number of carbonyl (C=O) groups is 2. The Morgan fingerprint density at radius 2 is 1.64 bits per heavy atom. The van der Waals surface area contributed by atoms with Gasteiger partial charge in [0.2, 0.25) is 11.8 Å². The summed E-state index contributed by atoms with van der Waals surface area (Å²) in [6, 6.07) is 17.9. The van der Waals surface area contributed by atoms with Crippen molar-refractivity contribution in [1.82, 2.24) is 9.80 Å². The van der Waals surface area contributed by atoms with Crippen LogP contribution in [0.3, 0.4) is 0 Å². The summed E-state index contributed by atoms with van der Waals surface area (Å²) in [5, 5.41) is 0. The average molecular weight is 377 g/mol. The van der Waals surface area contributed by atoms with E-state index in [1.165, 1.54) is 5.56 Å². The zero-order valence-electron chi connectivity index (χ0n) is 16.4. The fraction of sp³-hybridized carbons (Fsp3) is 0.391. The molecule has 2 amide bonds. The Morgan fingerprint density at radius 3 is 2.32 bits per heavy atom. The monoisotopic (exact) mass is 377 g/mol. The minimum absolute atomic E-state index is 0.0462. The van der Waals surface area contributed by atoms with Gasteiger partial charge in [0.05, 0.1) is 0 Å². The van der Waals surface area contributed by atoms with Crippen LogP contribution in [0.4, 0.5) is 5.69 Å². The lowest BCUT2D eigenvalue weighted by molar-refractivity contribution is -0.134. The maximum atomic E-state index is 13.2. The number of hydrogen-bond acceptors (Lipinski definition) is 3. The third-order valence-electron chi connectivity index (χ3n) is 5.74. The summed E-state index contributed by atoms with van der Waals surface area (Å²) in [4.78, 5) is 31.7. The van der Waals surface area contributed by atoms with Gasteiger partial charge in [0, 0.05) is 44.8 Å². The van der Waals surface area contributed by atoms with Crippen LogP contribution in [0.15, 0.2) is 54.6 Å². The molecule has 2 heterocycles. The van der Waals surface area contributed by atoms with E-state index in [4.69, 9.17) is 0 Å². The summed E-state index contributed by atoms with van der Waals surface area (Å²) in [6.07, 6.45) is 1.05. The van der Waals surface area contributed by atoms with Gasteiger partial charge in [0.1, 0.15) is 6.04 Å². The molecular formula is C23H27N3O2. The summed E-state index contributed by atoms with van der Waals surface area (Å²) in [5.74, 6) is 0.135. The molecule has 0 aliphatic carbocycles. The number of benzene rings is 2. The molecule has 0 radical (unpaired) electrons. The largest absolute Gasteiger partial charge is 0.338 e. The first-order valence-electron chi connectivity index (χ1n) is 10.1. The molecule has 5 heteroatoms. The Labute approximate surface area is 166 Å². The summed E-state index contributed by atoms with van der Waals surface area (Å²) >= 11 is 0. The van der Waals surface area contributed by atoms with Crippen LogP contribution in [0.1, 0.15) is 24.0 Å². The Balaban J connectivity index is 1.39. The lowest BCUT2D eigenvalue weighted by Gasteiger charge is -2.37. The number of rotatable bonds is 4. The maximum absolute atomic E-state index is 13.2. The van der Waals surface area contributed by atoms with Crippen LogP contribution >= 0.6 is 0 Å². The van der Waals surface area contributed by atoms with Crippen molar-refractivity contribution < 1.29 is 9.59 Å². The van der Waals surface area contributed by atoms with Crippen molar-refractivity contribution >= 4 is 17.5 Å². The maximum Gasteiger partial charge on any atom is 0.245 e. The van der Waals surface area contributed by atoms with Gasteiger partial charge in [-0.25, -0.2) is 0 Å². The van der Waals surface area contributed by atoms with Crippen LogP contribution in [-0.2, 0) is 16.1 Å². The third-order valence-corrected chi connectivity index (χ3v) is 5.74. The number of amides is 2. The van der Waals surface area contributed by atoms with Crippen molar-refractivity contribution in [3.63, 3.8) is 0 Å². The topological polar surface area (TPSA) is 43.9 Å². The second-order valence-corrected chi connectivity index (χ2v) is 7.74. The molecule has 28 heavy (non-hydrogen) atoms. The van der Waals surface area contributed by atoms with Crippen molar-refractivity contribution in [2.75, 3.05) is 31.1 Å². The van der Waals surface area contributed by atoms with Crippen LogP contribution in [0, 0.1) is 6.92 Å². The molecule has 0 spiro atoms. The highest BCUT2D eigenvalue weighted by Crippen LogP contribution is 2.28. The molecule has 1 atom stereocenters. The number of carbonyl (C=O) groups excluding carboxylic acids is 2. The van der Waals surface area contributed by atoms with Crippen LogP contribution in [0.25, 0.3) is 0 Å². The highest BCUT2D eigenvalue weighted by Gasteiger charge is 2.39. The quantitative estimate of drug-likeness (QED) is 0.823. The van der Waals surface area contributed by atoms with E-state index in [1.54, 1.807) is 4.90 Å². The Kier molecular flexibility index (Phi) is 5.44. The number of nitrogens with zero attached hydrogens (tertiary/aromatic N) is 3. The minimum atomic E-state index is -0.365. The molecule has 0 bridgehead atoms. The molecule has 1 unspecified atom stereocenters. The van der Waals surface area contributed by atoms with Gasteiger partial charge >= 0.3 is 0 Å². The van der Waals surface area contributed by atoms with Crippen LogP contribution < -0.4 is 4.90 Å². The molecule has 0 saturated carbocycles. The lowest BCUT2D eigenvalue weighted by atomic mass is 10.1. The van der Waals surface area contributed by atoms with E-state index in [0.29, 0.717) is 12.8 Å². The molecule has 2 fully saturated rings. The van der Waals surface area contributed by atoms with E-state index in [2.05, 4.69) is 29.2 Å². The second kappa shape index (κ2) is 8.15. The molecule has 2 aromatic carbocycles. The van der Waals surface area contributed by atoms with Gasteiger partial charge in [0.15, 0.2) is 0 Å². The minimum Gasteiger partial charge on any atom is -0.338 e. The predicted molar refractivity (Wildman–Crippen MR) is 110 cm³/mol. The number of aryl methyl sites for hydroxylation is 1. The SMILES string of the molecule is Cc1ccc(N2C(=O)CCC2C(=O)N2CCN(Cc3ccccc3)CC2)cc1. The summed E-state index contributed by atoms with van der Waals surface area (Å²) in [7, 11) is 0. The molecule has 4 rings (SSSR count). The summed E-state index contributed by atoms with van der Waals surface area (Å²) in [5.41, 5.74) is 3.27. The molecule has 2 saturated heterocycles. The van der Waals surface area contributed by atoms with Gasteiger partial charge < -0.3 is 4.90 Å². The Morgan fingerprint density at radius 1 is 0.964 bits per heavy atom. The smallest absolute Gasteiger partial charge is 0.245 e. The highest BCUT2D eigenvalue weighted by atomic mass is 16.2. The van der Waals surface area contributed by atoms with Gasteiger partial charge in [-0.2, -0.15) is 0 Å². The third kappa shape index (κ3) is 3.94.